The van der Waals surface area contributed by atoms with Crippen LogP contribution in [0.3, 0.4) is 0 Å². The fraction of sp³-hybridized carbons (Fsp3) is 0.312. The first-order chi connectivity index (χ1) is 11.7. The number of benzene rings is 1. The molecule has 1 atom stereocenters. The number of aromatic nitrogens is 2. The quantitative estimate of drug-likeness (QED) is 0.494. The van der Waals surface area contributed by atoms with Crippen LogP contribution in [0.25, 0.3) is 11.3 Å². The number of thiocarbonyl (C=S) groups is 1. The highest BCUT2D eigenvalue weighted by Crippen LogP contribution is 2.16. The summed E-state index contributed by atoms with van der Waals surface area (Å²) in [7, 11) is 0. The first kappa shape index (κ1) is 16.4. The Balaban J connectivity index is 1.46. The number of hydrogen-bond acceptors (Lipinski definition) is 4. The molecular weight excluding hydrogens is 326 g/mol. The van der Waals surface area contributed by atoms with Crippen LogP contribution < -0.4 is 16.2 Å². The third kappa shape index (κ3) is 4.30. The molecule has 2 heterocycles. The summed E-state index contributed by atoms with van der Waals surface area (Å²) in [5.41, 5.74) is 7.20. The third-order valence-electron chi connectivity index (χ3n) is 3.70. The maximum Gasteiger partial charge on any atom is 0.287 e. The van der Waals surface area contributed by atoms with E-state index in [2.05, 4.69) is 26.4 Å². The predicted octanol–water partition coefficient (Wildman–Crippen LogP) is 1.36. The van der Waals surface area contributed by atoms with Crippen LogP contribution in [0.1, 0.15) is 23.3 Å². The molecule has 8 heteroatoms. The van der Waals surface area contributed by atoms with Gasteiger partial charge in [-0.05, 0) is 31.1 Å². The summed E-state index contributed by atoms with van der Waals surface area (Å²) < 4.78 is 5.49. The Hall–Kier alpha value is -2.45. The highest BCUT2D eigenvalue weighted by Gasteiger charge is 2.15. The third-order valence-corrected chi connectivity index (χ3v) is 3.94. The lowest BCUT2D eigenvalue weighted by Crippen LogP contribution is -2.48. The second-order valence-electron chi connectivity index (χ2n) is 5.46. The highest BCUT2D eigenvalue weighted by molar-refractivity contribution is 7.80. The average molecular weight is 345 g/mol. The van der Waals surface area contributed by atoms with Crippen molar-refractivity contribution in [1.29, 1.82) is 0 Å². The summed E-state index contributed by atoms with van der Waals surface area (Å²) in [6.07, 6.45) is 2.28. The molecule has 126 valence electrons. The van der Waals surface area contributed by atoms with Crippen molar-refractivity contribution in [3.05, 3.63) is 42.1 Å². The summed E-state index contributed by atoms with van der Waals surface area (Å²) in [4.78, 5) is 12.1. The summed E-state index contributed by atoms with van der Waals surface area (Å²) in [5.74, 6) is -0.342. The molecule has 4 N–H and O–H groups in total. The van der Waals surface area contributed by atoms with Gasteiger partial charge in [0.15, 0.2) is 5.11 Å². The minimum Gasteiger partial charge on any atom is -0.376 e. The molecule has 1 aromatic heterocycles. The normalized spacial score (nSPS) is 16.6. The molecule has 7 nitrogen and oxygen atoms in total. The van der Waals surface area contributed by atoms with Crippen LogP contribution in [0, 0.1) is 0 Å². The minimum absolute atomic E-state index is 0.182. The van der Waals surface area contributed by atoms with E-state index in [0.29, 0.717) is 23.0 Å². The van der Waals surface area contributed by atoms with E-state index in [4.69, 9.17) is 17.0 Å². The van der Waals surface area contributed by atoms with Gasteiger partial charge in [0, 0.05) is 18.7 Å². The van der Waals surface area contributed by atoms with Crippen molar-refractivity contribution in [3.8, 4) is 11.3 Å². The van der Waals surface area contributed by atoms with Crippen molar-refractivity contribution in [1.82, 2.24) is 26.4 Å². The predicted molar refractivity (Wildman–Crippen MR) is 94.2 cm³/mol. The number of rotatable bonds is 4. The Morgan fingerprint density at radius 1 is 1.33 bits per heavy atom. The summed E-state index contributed by atoms with van der Waals surface area (Å²) in [6, 6.07) is 11.3. The van der Waals surface area contributed by atoms with Gasteiger partial charge in [-0.1, -0.05) is 30.3 Å². The fourth-order valence-corrected chi connectivity index (χ4v) is 2.57. The molecule has 1 unspecified atom stereocenters. The fourth-order valence-electron chi connectivity index (χ4n) is 2.43. The van der Waals surface area contributed by atoms with Gasteiger partial charge in [-0.25, -0.2) is 0 Å². The van der Waals surface area contributed by atoms with Gasteiger partial charge in [0.05, 0.1) is 11.8 Å². The van der Waals surface area contributed by atoms with Gasteiger partial charge in [-0.2, -0.15) is 5.10 Å². The van der Waals surface area contributed by atoms with E-state index in [1.54, 1.807) is 6.07 Å². The van der Waals surface area contributed by atoms with E-state index in [1.165, 1.54) is 0 Å². The number of nitrogens with one attached hydrogen (secondary N) is 4. The summed E-state index contributed by atoms with van der Waals surface area (Å²) >= 11 is 5.12. The molecule has 1 aromatic carbocycles. The zero-order chi connectivity index (χ0) is 16.8. The van der Waals surface area contributed by atoms with Crippen LogP contribution in [-0.2, 0) is 4.74 Å². The van der Waals surface area contributed by atoms with E-state index in [-0.39, 0.29) is 12.0 Å². The summed E-state index contributed by atoms with van der Waals surface area (Å²) in [5, 5.41) is 10.2. The zero-order valence-corrected chi connectivity index (χ0v) is 13.9. The Morgan fingerprint density at radius 2 is 2.17 bits per heavy atom. The van der Waals surface area contributed by atoms with Crippen molar-refractivity contribution < 1.29 is 9.53 Å². The Kier molecular flexibility index (Phi) is 5.39. The molecule has 3 rings (SSSR count). The van der Waals surface area contributed by atoms with Crippen molar-refractivity contribution in [3.63, 3.8) is 0 Å². The van der Waals surface area contributed by atoms with E-state index in [0.717, 1.165) is 25.0 Å². The lowest BCUT2D eigenvalue weighted by atomic mass is 10.1. The molecule has 0 radical (unpaired) electrons. The number of carbonyl (C=O) groups is 1. The maximum absolute atomic E-state index is 12.1. The number of hydrogen-bond donors (Lipinski definition) is 4. The van der Waals surface area contributed by atoms with Gasteiger partial charge in [0.1, 0.15) is 5.69 Å². The molecular formula is C16H19N5O2S. The lowest BCUT2D eigenvalue weighted by Gasteiger charge is -2.14. The minimum atomic E-state index is -0.342. The second kappa shape index (κ2) is 7.89. The summed E-state index contributed by atoms with van der Waals surface area (Å²) in [6.45, 7) is 1.43. The number of carbonyl (C=O) groups excluding carboxylic acids is 1. The van der Waals surface area contributed by atoms with Crippen molar-refractivity contribution in [2.75, 3.05) is 13.2 Å². The van der Waals surface area contributed by atoms with E-state index in [1.807, 2.05) is 30.3 Å². The zero-order valence-electron chi connectivity index (χ0n) is 13.0. The Morgan fingerprint density at radius 3 is 2.92 bits per heavy atom. The van der Waals surface area contributed by atoms with E-state index >= 15 is 0 Å². The van der Waals surface area contributed by atoms with Crippen LogP contribution in [0.15, 0.2) is 36.4 Å². The first-order valence-corrected chi connectivity index (χ1v) is 8.20. The van der Waals surface area contributed by atoms with Crippen molar-refractivity contribution in [2.45, 2.75) is 18.9 Å². The molecule has 1 amide bonds. The van der Waals surface area contributed by atoms with Gasteiger partial charge in [0.2, 0.25) is 0 Å². The molecule has 1 fully saturated rings. The van der Waals surface area contributed by atoms with Gasteiger partial charge in [0.25, 0.3) is 5.91 Å². The van der Waals surface area contributed by atoms with Gasteiger partial charge in [-0.15, -0.1) is 0 Å². The first-order valence-electron chi connectivity index (χ1n) is 7.79. The molecule has 24 heavy (non-hydrogen) atoms. The molecule has 2 aromatic rings. The van der Waals surface area contributed by atoms with E-state index < -0.39 is 0 Å². The van der Waals surface area contributed by atoms with Crippen LogP contribution >= 0.6 is 12.2 Å². The van der Waals surface area contributed by atoms with Crippen LogP contribution in [0.4, 0.5) is 0 Å². The number of hydrazine groups is 1. The maximum atomic E-state index is 12.1. The number of ether oxygens (including phenoxy) is 1. The highest BCUT2D eigenvalue weighted by atomic mass is 32.1. The number of aromatic amines is 1. The van der Waals surface area contributed by atoms with Crippen molar-refractivity contribution >= 4 is 23.2 Å². The SMILES string of the molecule is O=C(NNC(=S)NCC1CCCO1)c1cc(-c2ccccc2)n[nH]1. The van der Waals surface area contributed by atoms with Crippen LogP contribution in [-0.4, -0.2) is 40.5 Å². The number of amides is 1. The van der Waals surface area contributed by atoms with Crippen LogP contribution in [0.2, 0.25) is 0 Å². The lowest BCUT2D eigenvalue weighted by molar-refractivity contribution is 0.0938. The van der Waals surface area contributed by atoms with Gasteiger partial charge in [-0.3, -0.25) is 20.7 Å². The molecule has 0 bridgehead atoms. The second-order valence-corrected chi connectivity index (χ2v) is 5.87. The number of nitrogens with zero attached hydrogens (tertiary/aromatic N) is 1. The standard InChI is InChI=1S/C16H19N5O2S/c22-15(20-21-16(24)17-10-12-7-4-8-23-12)14-9-13(18-19-14)11-5-2-1-3-6-11/h1-3,5-6,9,12H,4,7-8,10H2,(H,18,19)(H,20,22)(H2,17,21,24). The Bertz CT molecular complexity index is 698. The molecule has 1 aliphatic rings. The molecule has 0 saturated carbocycles. The van der Waals surface area contributed by atoms with Crippen LogP contribution in [0.5, 0.6) is 0 Å². The van der Waals surface area contributed by atoms with E-state index in [9.17, 15) is 4.79 Å². The van der Waals surface area contributed by atoms with Gasteiger partial charge >= 0.3 is 0 Å². The smallest absolute Gasteiger partial charge is 0.287 e. The van der Waals surface area contributed by atoms with Gasteiger partial charge < -0.3 is 10.1 Å². The topological polar surface area (TPSA) is 91.1 Å². The van der Waals surface area contributed by atoms with Crippen molar-refractivity contribution in [2.24, 2.45) is 0 Å². The molecule has 0 spiro atoms. The molecule has 0 aliphatic carbocycles. The Labute approximate surface area is 145 Å². The largest absolute Gasteiger partial charge is 0.376 e. The number of H-pyrrole nitrogens is 1. The molecule has 1 aliphatic heterocycles. The average Bonchev–Trinajstić information content (AvgIpc) is 3.30. The monoisotopic (exact) mass is 345 g/mol. The molecule has 1 saturated heterocycles.